The summed E-state index contributed by atoms with van der Waals surface area (Å²) in [5.74, 6) is 0.317. The number of hydrogen-bond acceptors (Lipinski definition) is 8. The van der Waals surface area contributed by atoms with Gasteiger partial charge in [0.2, 0.25) is 0 Å². The van der Waals surface area contributed by atoms with Crippen LogP contribution in [-0.4, -0.2) is 67.0 Å². The molecule has 182 valence electrons. The van der Waals surface area contributed by atoms with E-state index in [1.807, 2.05) is 0 Å². The lowest BCUT2D eigenvalue weighted by Gasteiger charge is -2.42. The SMILES string of the molecule is COC(=O)C[C@H]1CC[C@H]2[C@@H](COc3ccc(NC(=O)Nc4c(C)noc4C)cc3C(=O)N2C)O1. The maximum absolute atomic E-state index is 13.3. The van der Waals surface area contributed by atoms with E-state index in [0.29, 0.717) is 47.0 Å². The third-order valence-corrected chi connectivity index (χ3v) is 6.16. The molecule has 0 radical (unpaired) electrons. The minimum absolute atomic E-state index is 0.166. The van der Waals surface area contributed by atoms with E-state index >= 15 is 0 Å². The second-order valence-corrected chi connectivity index (χ2v) is 8.44. The van der Waals surface area contributed by atoms with Gasteiger partial charge in [-0.1, -0.05) is 5.16 Å². The Hall–Kier alpha value is -3.60. The van der Waals surface area contributed by atoms with E-state index in [0.717, 1.165) is 0 Å². The second kappa shape index (κ2) is 9.72. The lowest BCUT2D eigenvalue weighted by molar-refractivity contribution is -0.151. The molecule has 34 heavy (non-hydrogen) atoms. The molecule has 11 heteroatoms. The van der Waals surface area contributed by atoms with Gasteiger partial charge in [0.05, 0.1) is 31.2 Å². The molecule has 2 aromatic rings. The van der Waals surface area contributed by atoms with Gasteiger partial charge in [-0.2, -0.15) is 0 Å². The summed E-state index contributed by atoms with van der Waals surface area (Å²) in [6.07, 6.45) is 0.820. The van der Waals surface area contributed by atoms with Crippen molar-refractivity contribution in [1.29, 1.82) is 0 Å². The summed E-state index contributed by atoms with van der Waals surface area (Å²) in [6, 6.07) is 4.19. The minimum atomic E-state index is -0.487. The van der Waals surface area contributed by atoms with Crippen LogP contribution in [-0.2, 0) is 14.3 Å². The van der Waals surface area contributed by atoms with Crippen LogP contribution in [0.2, 0.25) is 0 Å². The minimum Gasteiger partial charge on any atom is -0.490 e. The van der Waals surface area contributed by atoms with Crippen LogP contribution < -0.4 is 15.4 Å². The quantitative estimate of drug-likeness (QED) is 0.649. The van der Waals surface area contributed by atoms with Crippen LogP contribution in [0.3, 0.4) is 0 Å². The van der Waals surface area contributed by atoms with Crippen molar-refractivity contribution in [3.8, 4) is 5.75 Å². The fourth-order valence-corrected chi connectivity index (χ4v) is 4.31. The Balaban J connectivity index is 1.48. The molecule has 1 saturated heterocycles. The highest BCUT2D eigenvalue weighted by Gasteiger charge is 2.39. The number of fused-ring (bicyclic) bond motifs is 2. The maximum atomic E-state index is 13.3. The molecule has 0 aliphatic carbocycles. The van der Waals surface area contributed by atoms with Gasteiger partial charge in [0.1, 0.15) is 29.8 Å². The Labute approximate surface area is 196 Å². The predicted octanol–water partition coefficient (Wildman–Crippen LogP) is 2.88. The number of amides is 3. The van der Waals surface area contributed by atoms with E-state index in [4.69, 9.17) is 18.7 Å². The molecule has 1 fully saturated rings. The molecular weight excluding hydrogens is 444 g/mol. The van der Waals surface area contributed by atoms with Crippen molar-refractivity contribution >= 4 is 29.3 Å². The van der Waals surface area contributed by atoms with Gasteiger partial charge in [-0.3, -0.25) is 9.59 Å². The monoisotopic (exact) mass is 472 g/mol. The van der Waals surface area contributed by atoms with Crippen molar-refractivity contribution in [2.75, 3.05) is 31.4 Å². The van der Waals surface area contributed by atoms with Crippen LogP contribution in [0.15, 0.2) is 22.7 Å². The molecule has 2 aliphatic heterocycles. The van der Waals surface area contributed by atoms with Gasteiger partial charge in [-0.15, -0.1) is 0 Å². The number of methoxy groups -OCH3 is 1. The maximum Gasteiger partial charge on any atom is 0.323 e. The van der Waals surface area contributed by atoms with E-state index in [1.165, 1.54) is 7.11 Å². The Bertz CT molecular complexity index is 1080. The predicted molar refractivity (Wildman–Crippen MR) is 121 cm³/mol. The van der Waals surface area contributed by atoms with Gasteiger partial charge in [0.15, 0.2) is 5.76 Å². The number of carbonyl (C=O) groups is 3. The Kier molecular flexibility index (Phi) is 6.73. The Morgan fingerprint density at radius 3 is 2.74 bits per heavy atom. The number of nitrogens with zero attached hydrogens (tertiary/aromatic N) is 2. The molecule has 1 aromatic heterocycles. The van der Waals surface area contributed by atoms with Crippen LogP contribution in [0.25, 0.3) is 0 Å². The van der Waals surface area contributed by atoms with E-state index in [9.17, 15) is 14.4 Å². The highest BCUT2D eigenvalue weighted by molar-refractivity contribution is 6.03. The van der Waals surface area contributed by atoms with Crippen molar-refractivity contribution in [3.63, 3.8) is 0 Å². The van der Waals surface area contributed by atoms with Gasteiger partial charge in [-0.25, -0.2) is 4.79 Å². The molecule has 11 nitrogen and oxygen atoms in total. The molecule has 3 amide bonds. The Morgan fingerprint density at radius 2 is 2.03 bits per heavy atom. The molecule has 3 atom stereocenters. The van der Waals surface area contributed by atoms with Gasteiger partial charge >= 0.3 is 12.0 Å². The number of carbonyl (C=O) groups excluding carboxylic acids is 3. The van der Waals surface area contributed by atoms with Crippen molar-refractivity contribution in [2.45, 2.75) is 51.4 Å². The first-order valence-electron chi connectivity index (χ1n) is 11.0. The number of ether oxygens (including phenoxy) is 3. The number of likely N-dealkylation sites (N-methyl/N-ethyl adjacent to an activating group) is 1. The zero-order chi connectivity index (χ0) is 24.4. The van der Waals surface area contributed by atoms with Crippen LogP contribution in [0.4, 0.5) is 16.2 Å². The number of aryl methyl sites for hydroxylation is 2. The van der Waals surface area contributed by atoms with Gasteiger partial charge in [0, 0.05) is 12.7 Å². The first kappa shape index (κ1) is 23.6. The molecular formula is C23H28N4O7. The topological polar surface area (TPSA) is 132 Å². The van der Waals surface area contributed by atoms with Crippen molar-refractivity contribution in [3.05, 3.63) is 35.2 Å². The number of anilines is 2. The number of hydrogen-bond donors (Lipinski definition) is 2. The standard InChI is InChI=1S/C23H28N4O7/c1-12-21(13(2)34-26-12)25-23(30)24-14-5-8-18-16(9-14)22(29)27(3)17-7-6-15(10-20(28)31-4)33-19(17)11-32-18/h5,8-9,15,17,19H,6-7,10-11H2,1-4H3,(H2,24,25,30)/t15-,17+,19-/m1/s1. The number of benzene rings is 1. The number of nitrogens with one attached hydrogen (secondary N) is 2. The summed E-state index contributed by atoms with van der Waals surface area (Å²) in [6.45, 7) is 3.65. The van der Waals surface area contributed by atoms with Crippen LogP contribution in [0.1, 0.15) is 41.1 Å². The molecule has 0 saturated carbocycles. The summed E-state index contributed by atoms with van der Waals surface area (Å²) in [7, 11) is 3.07. The first-order valence-corrected chi connectivity index (χ1v) is 11.0. The van der Waals surface area contributed by atoms with Gasteiger partial charge in [-0.05, 0) is 44.9 Å². The van der Waals surface area contributed by atoms with Crippen molar-refractivity contribution < 1.29 is 33.1 Å². The van der Waals surface area contributed by atoms with E-state index in [1.54, 1.807) is 44.0 Å². The van der Waals surface area contributed by atoms with Crippen LogP contribution >= 0.6 is 0 Å². The smallest absolute Gasteiger partial charge is 0.323 e. The fourth-order valence-electron chi connectivity index (χ4n) is 4.31. The van der Waals surface area contributed by atoms with E-state index < -0.39 is 6.03 Å². The van der Waals surface area contributed by atoms with Gasteiger partial charge in [0.25, 0.3) is 5.91 Å². The van der Waals surface area contributed by atoms with Crippen molar-refractivity contribution in [1.82, 2.24) is 10.1 Å². The van der Waals surface area contributed by atoms with Crippen molar-refractivity contribution in [2.24, 2.45) is 0 Å². The van der Waals surface area contributed by atoms with E-state index in [-0.39, 0.29) is 43.2 Å². The third kappa shape index (κ3) is 4.84. The molecule has 0 bridgehead atoms. The zero-order valence-corrected chi connectivity index (χ0v) is 19.5. The zero-order valence-electron chi connectivity index (χ0n) is 19.5. The molecule has 0 unspecified atom stereocenters. The average Bonchev–Trinajstić information content (AvgIpc) is 3.13. The molecule has 3 heterocycles. The third-order valence-electron chi connectivity index (χ3n) is 6.16. The molecule has 0 spiro atoms. The first-order chi connectivity index (χ1) is 16.3. The average molecular weight is 472 g/mol. The summed E-state index contributed by atoms with van der Waals surface area (Å²) in [5, 5.41) is 9.24. The highest BCUT2D eigenvalue weighted by atomic mass is 16.6. The number of urea groups is 1. The molecule has 1 aromatic carbocycles. The number of rotatable bonds is 4. The fraction of sp³-hybridized carbons (Fsp3) is 0.478. The Morgan fingerprint density at radius 1 is 1.24 bits per heavy atom. The number of aromatic nitrogens is 1. The summed E-state index contributed by atoms with van der Waals surface area (Å²) >= 11 is 0. The molecule has 2 N–H and O–H groups in total. The normalized spacial score (nSPS) is 21.9. The lowest BCUT2D eigenvalue weighted by atomic mass is 9.94. The largest absolute Gasteiger partial charge is 0.490 e. The highest BCUT2D eigenvalue weighted by Crippen LogP contribution is 2.32. The molecule has 4 rings (SSSR count). The van der Waals surface area contributed by atoms with Crippen LogP contribution in [0.5, 0.6) is 5.75 Å². The summed E-state index contributed by atoms with van der Waals surface area (Å²) < 4.78 is 21.8. The van der Waals surface area contributed by atoms with Crippen LogP contribution in [0, 0.1) is 13.8 Å². The second-order valence-electron chi connectivity index (χ2n) is 8.44. The van der Waals surface area contributed by atoms with Gasteiger partial charge < -0.3 is 34.3 Å². The summed E-state index contributed by atoms with van der Waals surface area (Å²) in [5.41, 5.74) is 1.84. The summed E-state index contributed by atoms with van der Waals surface area (Å²) in [4.78, 5) is 39.1. The lowest BCUT2D eigenvalue weighted by Crippen LogP contribution is -2.53. The van der Waals surface area contributed by atoms with E-state index in [2.05, 4.69) is 15.8 Å². The molecule has 2 aliphatic rings. The number of esters is 1.